The van der Waals surface area contributed by atoms with E-state index >= 15 is 0 Å². The number of nitrogens with zero attached hydrogens (tertiary/aromatic N) is 2. The number of aliphatic imine (C=N–C) groups is 1. The highest BCUT2D eigenvalue weighted by Crippen LogP contribution is 2.30. The summed E-state index contributed by atoms with van der Waals surface area (Å²) in [6.07, 6.45) is 0.479. The van der Waals surface area contributed by atoms with Gasteiger partial charge < -0.3 is 14.8 Å². The Balaban J connectivity index is 1.55. The average Bonchev–Trinajstić information content (AvgIpc) is 2.94. The maximum absolute atomic E-state index is 13.3. The van der Waals surface area contributed by atoms with E-state index in [4.69, 9.17) is 9.47 Å². The van der Waals surface area contributed by atoms with Crippen LogP contribution in [0.25, 0.3) is 0 Å². The quantitative estimate of drug-likeness (QED) is 0.368. The van der Waals surface area contributed by atoms with Crippen molar-refractivity contribution in [2.45, 2.75) is 25.0 Å². The number of anilines is 1. The Hall–Kier alpha value is -4.18. The van der Waals surface area contributed by atoms with Crippen molar-refractivity contribution in [3.05, 3.63) is 89.7 Å². The summed E-state index contributed by atoms with van der Waals surface area (Å²) in [5, 5.41) is 2.52. The number of halogens is 1. The van der Waals surface area contributed by atoms with Crippen molar-refractivity contribution in [2.75, 3.05) is 25.6 Å². The molecular weight excluding hydrogens is 521 g/mol. The van der Waals surface area contributed by atoms with Gasteiger partial charge in [0.2, 0.25) is 11.8 Å². The molecule has 1 aliphatic heterocycles. The first kappa shape index (κ1) is 27.8. The number of amidine groups is 1. The van der Waals surface area contributed by atoms with Crippen LogP contribution in [-0.4, -0.2) is 53.4 Å². The van der Waals surface area contributed by atoms with E-state index < -0.39 is 11.2 Å². The van der Waals surface area contributed by atoms with Crippen LogP contribution in [0.4, 0.5) is 15.8 Å². The van der Waals surface area contributed by atoms with Crippen molar-refractivity contribution in [1.82, 2.24) is 4.90 Å². The molecule has 1 N–H and O–H groups in total. The fourth-order valence-corrected chi connectivity index (χ4v) is 4.97. The summed E-state index contributed by atoms with van der Waals surface area (Å²) in [6, 6.07) is 19.5. The predicted octanol–water partition coefficient (Wildman–Crippen LogP) is 5.21. The van der Waals surface area contributed by atoms with Crippen molar-refractivity contribution in [2.24, 2.45) is 4.99 Å². The molecule has 0 unspecified atom stereocenters. The largest absolute Gasteiger partial charge is 0.497 e. The van der Waals surface area contributed by atoms with E-state index in [0.29, 0.717) is 40.8 Å². The molecule has 1 aliphatic rings. The second kappa shape index (κ2) is 13.1. The third kappa shape index (κ3) is 7.44. The van der Waals surface area contributed by atoms with E-state index in [2.05, 4.69) is 10.3 Å². The Morgan fingerprint density at radius 3 is 2.38 bits per heavy atom. The first-order chi connectivity index (χ1) is 18.9. The van der Waals surface area contributed by atoms with Gasteiger partial charge in [0.1, 0.15) is 16.8 Å². The van der Waals surface area contributed by atoms with Crippen LogP contribution in [0.15, 0.2) is 77.8 Å². The lowest BCUT2D eigenvalue weighted by Gasteiger charge is -2.32. The lowest BCUT2D eigenvalue weighted by Crippen LogP contribution is -2.46. The van der Waals surface area contributed by atoms with Gasteiger partial charge in [0, 0.05) is 18.7 Å². The molecule has 1 heterocycles. The SMILES string of the molecule is CCOC(=O)c1ccc(N=C2S[C@@H](C(=O)Nc3ccc(OC)cc3)CC(=O)N2CCc2ccc(F)cc2)cc1. The van der Waals surface area contributed by atoms with E-state index in [1.807, 2.05) is 0 Å². The van der Waals surface area contributed by atoms with Gasteiger partial charge in [-0.05, 0) is 79.6 Å². The lowest BCUT2D eigenvalue weighted by atomic mass is 10.1. The van der Waals surface area contributed by atoms with Gasteiger partial charge in [0.25, 0.3) is 0 Å². The molecule has 0 bridgehead atoms. The van der Waals surface area contributed by atoms with Gasteiger partial charge in [-0.15, -0.1) is 0 Å². The first-order valence-electron chi connectivity index (χ1n) is 12.4. The van der Waals surface area contributed by atoms with Crippen LogP contribution < -0.4 is 10.1 Å². The third-order valence-electron chi connectivity index (χ3n) is 5.93. The Labute approximate surface area is 230 Å². The third-order valence-corrected chi connectivity index (χ3v) is 7.12. The minimum Gasteiger partial charge on any atom is -0.497 e. The van der Waals surface area contributed by atoms with E-state index in [9.17, 15) is 18.8 Å². The summed E-state index contributed by atoms with van der Waals surface area (Å²) in [7, 11) is 1.56. The van der Waals surface area contributed by atoms with Crippen LogP contribution in [0.3, 0.4) is 0 Å². The van der Waals surface area contributed by atoms with Crippen LogP contribution >= 0.6 is 11.8 Å². The second-order valence-corrected chi connectivity index (χ2v) is 9.78. The number of hydrogen-bond acceptors (Lipinski definition) is 7. The Bertz CT molecular complexity index is 1340. The van der Waals surface area contributed by atoms with Crippen molar-refractivity contribution in [3.63, 3.8) is 0 Å². The molecule has 39 heavy (non-hydrogen) atoms. The molecule has 0 saturated carbocycles. The van der Waals surface area contributed by atoms with Crippen molar-refractivity contribution in [1.29, 1.82) is 0 Å². The summed E-state index contributed by atoms with van der Waals surface area (Å²) in [5.74, 6) is -0.664. The summed E-state index contributed by atoms with van der Waals surface area (Å²) < 4.78 is 23.5. The molecule has 0 spiro atoms. The molecule has 1 fully saturated rings. The van der Waals surface area contributed by atoms with Gasteiger partial charge in [-0.2, -0.15) is 0 Å². The molecule has 202 valence electrons. The standard InChI is InChI=1S/C29H28FN3O5S/c1-3-38-28(36)20-6-10-23(11-7-20)32-29-33(17-16-19-4-8-21(30)9-5-19)26(34)18-25(39-29)27(35)31-22-12-14-24(37-2)15-13-22/h4-15,25H,3,16-18H2,1-2H3,(H,31,35)/t25-/m1/s1. The number of benzene rings is 3. The molecule has 0 aromatic heterocycles. The van der Waals surface area contributed by atoms with Crippen LogP contribution in [-0.2, 0) is 20.7 Å². The number of nitrogens with one attached hydrogen (secondary N) is 1. The predicted molar refractivity (Wildman–Crippen MR) is 149 cm³/mol. The van der Waals surface area contributed by atoms with Crippen LogP contribution in [0.1, 0.15) is 29.3 Å². The summed E-state index contributed by atoms with van der Waals surface area (Å²) in [5.41, 5.74) is 2.35. The molecule has 1 atom stereocenters. The molecule has 2 amide bonds. The molecule has 0 aliphatic carbocycles. The van der Waals surface area contributed by atoms with Crippen LogP contribution in [0.2, 0.25) is 0 Å². The minimum atomic E-state index is -0.695. The molecular formula is C29H28FN3O5S. The minimum absolute atomic E-state index is 0.00309. The Kier molecular flexibility index (Phi) is 9.32. The fraction of sp³-hybridized carbons (Fsp3) is 0.241. The van der Waals surface area contributed by atoms with Gasteiger partial charge in [-0.3, -0.25) is 14.5 Å². The molecule has 3 aromatic carbocycles. The molecule has 4 rings (SSSR count). The highest BCUT2D eigenvalue weighted by Gasteiger charge is 2.35. The van der Waals surface area contributed by atoms with E-state index in [1.54, 1.807) is 79.6 Å². The fourth-order valence-electron chi connectivity index (χ4n) is 3.85. The molecule has 0 radical (unpaired) electrons. The Morgan fingerprint density at radius 1 is 1.05 bits per heavy atom. The monoisotopic (exact) mass is 549 g/mol. The number of thioether (sulfide) groups is 1. The van der Waals surface area contributed by atoms with E-state index in [-0.39, 0.29) is 30.7 Å². The van der Waals surface area contributed by atoms with Gasteiger partial charge in [0.05, 0.1) is 25.0 Å². The number of ether oxygens (including phenoxy) is 2. The number of carbonyl (C=O) groups is 3. The normalized spacial score (nSPS) is 16.2. The number of methoxy groups -OCH3 is 1. The zero-order valence-electron chi connectivity index (χ0n) is 21.6. The lowest BCUT2D eigenvalue weighted by molar-refractivity contribution is -0.129. The number of esters is 1. The zero-order chi connectivity index (χ0) is 27.8. The number of rotatable bonds is 9. The van der Waals surface area contributed by atoms with Gasteiger partial charge >= 0.3 is 5.97 Å². The van der Waals surface area contributed by atoms with Crippen molar-refractivity contribution >= 4 is 46.1 Å². The van der Waals surface area contributed by atoms with Gasteiger partial charge in [-0.1, -0.05) is 23.9 Å². The van der Waals surface area contributed by atoms with Gasteiger partial charge in [0.15, 0.2) is 5.17 Å². The zero-order valence-corrected chi connectivity index (χ0v) is 22.4. The average molecular weight is 550 g/mol. The maximum Gasteiger partial charge on any atom is 0.338 e. The number of hydrogen-bond donors (Lipinski definition) is 1. The topological polar surface area (TPSA) is 97.3 Å². The summed E-state index contributed by atoms with van der Waals surface area (Å²) in [4.78, 5) is 44.5. The second-order valence-electron chi connectivity index (χ2n) is 8.61. The first-order valence-corrected chi connectivity index (χ1v) is 13.3. The molecule has 10 heteroatoms. The highest BCUT2D eigenvalue weighted by atomic mass is 32.2. The summed E-state index contributed by atoms with van der Waals surface area (Å²) in [6.45, 7) is 2.31. The van der Waals surface area contributed by atoms with Crippen LogP contribution in [0.5, 0.6) is 5.75 Å². The van der Waals surface area contributed by atoms with Crippen molar-refractivity contribution in [3.8, 4) is 5.75 Å². The highest BCUT2D eigenvalue weighted by molar-refractivity contribution is 8.15. The maximum atomic E-state index is 13.3. The van der Waals surface area contributed by atoms with E-state index in [1.165, 1.54) is 23.9 Å². The van der Waals surface area contributed by atoms with Crippen LogP contribution in [0, 0.1) is 5.82 Å². The number of amides is 2. The molecule has 8 nitrogen and oxygen atoms in total. The number of carbonyl (C=O) groups excluding carboxylic acids is 3. The molecule has 1 saturated heterocycles. The van der Waals surface area contributed by atoms with Crippen molar-refractivity contribution < 1.29 is 28.2 Å². The molecule has 3 aromatic rings. The Morgan fingerprint density at radius 2 is 1.74 bits per heavy atom. The van der Waals surface area contributed by atoms with E-state index in [0.717, 1.165) is 5.56 Å². The summed E-state index contributed by atoms with van der Waals surface area (Å²) >= 11 is 1.20. The van der Waals surface area contributed by atoms with Gasteiger partial charge in [-0.25, -0.2) is 14.2 Å². The smallest absolute Gasteiger partial charge is 0.338 e.